The van der Waals surface area contributed by atoms with Crippen LogP contribution < -0.4 is 10.6 Å². The molecule has 0 spiro atoms. The molecular formula is C22H21Cl2N3O6S. The lowest BCUT2D eigenvalue weighted by atomic mass is 10.0. The second-order valence-corrected chi connectivity index (χ2v) is 9.12. The Hall–Kier alpha value is -2.95. The van der Waals surface area contributed by atoms with Gasteiger partial charge in [0.15, 0.2) is 0 Å². The van der Waals surface area contributed by atoms with Crippen molar-refractivity contribution in [3.8, 4) is 0 Å². The maximum absolute atomic E-state index is 12.6. The van der Waals surface area contributed by atoms with Gasteiger partial charge in [-0.05, 0) is 29.8 Å². The summed E-state index contributed by atoms with van der Waals surface area (Å²) in [6.07, 6.45) is -1.09. The molecule has 12 heteroatoms. The molecule has 2 atom stereocenters. The summed E-state index contributed by atoms with van der Waals surface area (Å²) >= 11 is 13.5. The normalized spacial score (nSPS) is 16.0. The fourth-order valence-electron chi connectivity index (χ4n) is 3.32. The fraction of sp³-hybridized carbons (Fsp3) is 0.273. The van der Waals surface area contributed by atoms with Gasteiger partial charge in [0.1, 0.15) is 12.1 Å². The maximum atomic E-state index is 12.6. The van der Waals surface area contributed by atoms with Crippen LogP contribution in [0.3, 0.4) is 0 Å². The van der Waals surface area contributed by atoms with Crippen LogP contribution in [0.25, 0.3) is 0 Å². The Labute approximate surface area is 209 Å². The van der Waals surface area contributed by atoms with Crippen LogP contribution in [0, 0.1) is 0 Å². The summed E-state index contributed by atoms with van der Waals surface area (Å²) in [6.45, 7) is 0. The lowest BCUT2D eigenvalue weighted by Gasteiger charge is -2.23. The zero-order valence-corrected chi connectivity index (χ0v) is 20.2. The third kappa shape index (κ3) is 6.13. The molecule has 0 aromatic heterocycles. The monoisotopic (exact) mass is 525 g/mol. The number of anilines is 1. The molecule has 0 aliphatic carbocycles. The highest BCUT2D eigenvalue weighted by molar-refractivity contribution is 7.99. The van der Waals surface area contributed by atoms with Gasteiger partial charge in [-0.1, -0.05) is 41.4 Å². The number of ether oxygens (including phenoxy) is 1. The Balaban J connectivity index is 1.67. The van der Waals surface area contributed by atoms with Crippen LogP contribution in [0.1, 0.15) is 15.9 Å². The first kappa shape index (κ1) is 25.7. The van der Waals surface area contributed by atoms with E-state index in [4.69, 9.17) is 27.9 Å². The molecule has 3 rings (SSSR count). The van der Waals surface area contributed by atoms with Crippen molar-refractivity contribution in [3.05, 3.63) is 63.6 Å². The molecule has 3 amide bonds. The molecule has 180 valence electrons. The average Bonchev–Trinajstić information content (AvgIpc) is 3.30. The molecule has 9 nitrogen and oxygen atoms in total. The second-order valence-electron chi connectivity index (χ2n) is 7.30. The fourth-order valence-corrected chi connectivity index (χ4v) is 5.04. The number of esters is 1. The summed E-state index contributed by atoms with van der Waals surface area (Å²) in [5.74, 6) is -1.21. The van der Waals surface area contributed by atoms with Gasteiger partial charge in [0.25, 0.3) is 5.91 Å². The summed E-state index contributed by atoms with van der Waals surface area (Å²) < 4.78 is 4.80. The number of carboxylic acid groups (broad SMARTS) is 1. The van der Waals surface area contributed by atoms with Gasteiger partial charge < -0.3 is 20.5 Å². The van der Waals surface area contributed by atoms with Gasteiger partial charge in [-0.2, -0.15) is 0 Å². The number of hydrogen-bond donors (Lipinski definition) is 3. The SMILES string of the molecule is COC(=O)[C@H](Cc1ccc(NC(=O)c2c(Cl)cccc2Cl)cc1)NC(=O)[C@@H]1CSCN1C(=O)O. The van der Waals surface area contributed by atoms with Gasteiger partial charge in [-0.25, -0.2) is 9.59 Å². The lowest BCUT2D eigenvalue weighted by molar-refractivity contribution is -0.145. The predicted molar refractivity (Wildman–Crippen MR) is 129 cm³/mol. The van der Waals surface area contributed by atoms with Crippen LogP contribution in [-0.4, -0.2) is 64.7 Å². The van der Waals surface area contributed by atoms with Gasteiger partial charge in [0.2, 0.25) is 5.91 Å². The molecule has 1 aliphatic rings. The van der Waals surface area contributed by atoms with E-state index in [2.05, 4.69) is 10.6 Å². The van der Waals surface area contributed by atoms with Crippen LogP contribution in [0.2, 0.25) is 10.0 Å². The number of nitrogens with zero attached hydrogens (tertiary/aromatic N) is 1. The lowest BCUT2D eigenvalue weighted by Crippen LogP contribution is -2.52. The van der Waals surface area contributed by atoms with E-state index in [1.165, 1.54) is 18.9 Å². The zero-order chi connectivity index (χ0) is 24.8. The number of rotatable bonds is 7. The van der Waals surface area contributed by atoms with E-state index in [1.54, 1.807) is 42.5 Å². The van der Waals surface area contributed by atoms with E-state index < -0.39 is 36.0 Å². The first-order chi connectivity index (χ1) is 16.2. The van der Waals surface area contributed by atoms with Crippen molar-refractivity contribution in [3.63, 3.8) is 0 Å². The standard InChI is InChI=1S/C22H21Cl2N3O6S/c1-33-21(30)16(26-19(28)17-10-34-11-27(17)22(31)32)9-12-5-7-13(8-6-12)25-20(29)18-14(23)3-2-4-15(18)24/h2-8,16-17H,9-11H2,1H3,(H,25,29)(H,26,28)(H,31,32)/t16-,17-/m0/s1. The summed E-state index contributed by atoms with van der Waals surface area (Å²) in [7, 11) is 1.20. The van der Waals surface area contributed by atoms with Crippen molar-refractivity contribution in [2.45, 2.75) is 18.5 Å². The molecule has 3 N–H and O–H groups in total. The molecule has 0 radical (unpaired) electrons. The van der Waals surface area contributed by atoms with Crippen molar-refractivity contribution >= 4 is 64.5 Å². The highest BCUT2D eigenvalue weighted by atomic mass is 35.5. The van der Waals surface area contributed by atoms with Crippen LogP contribution >= 0.6 is 35.0 Å². The number of benzene rings is 2. The molecular weight excluding hydrogens is 505 g/mol. The predicted octanol–water partition coefficient (Wildman–Crippen LogP) is 3.50. The zero-order valence-electron chi connectivity index (χ0n) is 17.9. The first-order valence-corrected chi connectivity index (χ1v) is 11.9. The maximum Gasteiger partial charge on any atom is 0.408 e. The Morgan fingerprint density at radius 1 is 1.15 bits per heavy atom. The highest BCUT2D eigenvalue weighted by Gasteiger charge is 2.36. The minimum atomic E-state index is -1.20. The molecule has 1 fully saturated rings. The van der Waals surface area contributed by atoms with Crippen molar-refractivity contribution in [1.82, 2.24) is 10.2 Å². The Kier molecular flexibility index (Phi) is 8.65. The number of carbonyl (C=O) groups is 4. The second kappa shape index (κ2) is 11.5. The van der Waals surface area contributed by atoms with E-state index in [9.17, 15) is 24.3 Å². The third-order valence-electron chi connectivity index (χ3n) is 5.07. The van der Waals surface area contributed by atoms with E-state index in [1.807, 2.05) is 0 Å². The minimum Gasteiger partial charge on any atom is -0.467 e. The smallest absolute Gasteiger partial charge is 0.408 e. The van der Waals surface area contributed by atoms with Crippen LogP contribution in [0.15, 0.2) is 42.5 Å². The van der Waals surface area contributed by atoms with Crippen molar-refractivity contribution in [1.29, 1.82) is 0 Å². The van der Waals surface area contributed by atoms with Gasteiger partial charge in [-0.3, -0.25) is 14.5 Å². The number of methoxy groups -OCH3 is 1. The summed E-state index contributed by atoms with van der Waals surface area (Å²) in [5, 5.41) is 15.0. The van der Waals surface area contributed by atoms with Gasteiger partial charge >= 0.3 is 12.1 Å². The number of amides is 3. The Morgan fingerprint density at radius 2 is 1.79 bits per heavy atom. The number of hydrogen-bond acceptors (Lipinski definition) is 6. The summed E-state index contributed by atoms with van der Waals surface area (Å²) in [6, 6.07) is 9.49. The number of halogens is 2. The van der Waals surface area contributed by atoms with Crippen molar-refractivity contribution < 1.29 is 29.0 Å². The topological polar surface area (TPSA) is 125 Å². The third-order valence-corrected chi connectivity index (χ3v) is 6.72. The number of thioether (sulfide) groups is 1. The quantitative estimate of drug-likeness (QED) is 0.472. The molecule has 2 aromatic carbocycles. The Bertz CT molecular complexity index is 1080. The molecule has 1 aliphatic heterocycles. The van der Waals surface area contributed by atoms with Crippen LogP contribution in [0.4, 0.5) is 10.5 Å². The molecule has 2 aromatic rings. The highest BCUT2D eigenvalue weighted by Crippen LogP contribution is 2.25. The molecule has 1 saturated heterocycles. The molecule has 0 unspecified atom stereocenters. The minimum absolute atomic E-state index is 0.107. The van der Waals surface area contributed by atoms with Crippen molar-refractivity contribution in [2.75, 3.05) is 24.1 Å². The summed E-state index contributed by atoms with van der Waals surface area (Å²) in [5.41, 5.74) is 1.31. The van der Waals surface area contributed by atoms with Gasteiger partial charge in [0, 0.05) is 17.9 Å². The van der Waals surface area contributed by atoms with Crippen molar-refractivity contribution in [2.24, 2.45) is 0 Å². The van der Waals surface area contributed by atoms with E-state index >= 15 is 0 Å². The first-order valence-electron chi connectivity index (χ1n) is 10.0. The van der Waals surface area contributed by atoms with Crippen LogP contribution in [-0.2, 0) is 20.7 Å². The average molecular weight is 526 g/mol. The van der Waals surface area contributed by atoms with E-state index in [0.717, 1.165) is 4.90 Å². The number of nitrogens with one attached hydrogen (secondary N) is 2. The molecule has 1 heterocycles. The molecule has 34 heavy (non-hydrogen) atoms. The molecule has 0 bridgehead atoms. The summed E-state index contributed by atoms with van der Waals surface area (Å²) in [4.78, 5) is 49.8. The van der Waals surface area contributed by atoms with Gasteiger partial charge in [-0.15, -0.1) is 11.8 Å². The Morgan fingerprint density at radius 3 is 2.38 bits per heavy atom. The largest absolute Gasteiger partial charge is 0.467 e. The van der Waals surface area contributed by atoms with E-state index in [0.29, 0.717) is 17.0 Å². The van der Waals surface area contributed by atoms with Gasteiger partial charge in [0.05, 0.1) is 28.6 Å². The van der Waals surface area contributed by atoms with E-state index in [-0.39, 0.29) is 27.9 Å². The van der Waals surface area contributed by atoms with Crippen LogP contribution in [0.5, 0.6) is 0 Å². The number of carbonyl (C=O) groups excluding carboxylic acids is 3. The molecule has 0 saturated carbocycles.